The summed E-state index contributed by atoms with van der Waals surface area (Å²) in [4.78, 5) is 0. The van der Waals surface area contributed by atoms with Crippen molar-refractivity contribution in [2.45, 2.75) is 10.1 Å². The van der Waals surface area contributed by atoms with E-state index in [4.69, 9.17) is 17.0 Å². The van der Waals surface area contributed by atoms with Gasteiger partial charge in [0.15, 0.2) is 8.29 Å². The minimum Gasteiger partial charge on any atom is -0.497 e. The molecule has 0 saturated heterocycles. The van der Waals surface area contributed by atoms with Gasteiger partial charge in [-0.25, -0.2) is 4.68 Å². The Labute approximate surface area is 142 Å². The molecule has 0 saturated carbocycles. The van der Waals surface area contributed by atoms with Crippen LogP contribution >= 0.6 is 35.3 Å². The van der Waals surface area contributed by atoms with Crippen molar-refractivity contribution in [2.24, 2.45) is 0 Å². The fraction of sp³-hybridized carbons (Fsp3) is 0.125. The molecule has 0 radical (unpaired) electrons. The summed E-state index contributed by atoms with van der Waals surface area (Å²) in [6, 6.07) is 18.0. The van der Waals surface area contributed by atoms with E-state index in [1.54, 1.807) is 18.9 Å². The van der Waals surface area contributed by atoms with Crippen LogP contribution in [0.3, 0.4) is 0 Å². The Morgan fingerprint density at radius 2 is 2.00 bits per heavy atom. The number of methoxy groups -OCH3 is 1. The van der Waals surface area contributed by atoms with E-state index in [0.717, 1.165) is 25.5 Å². The second-order valence-electron chi connectivity index (χ2n) is 4.52. The minimum absolute atomic E-state index is 0.763. The molecule has 0 N–H and O–H groups in total. The molecular formula is C16H14N2OS3. The van der Waals surface area contributed by atoms with E-state index in [2.05, 4.69) is 11.2 Å². The minimum atomic E-state index is 0.763. The molecule has 3 rings (SSSR count). The largest absolute Gasteiger partial charge is 0.497 e. The van der Waals surface area contributed by atoms with Crippen LogP contribution in [0.25, 0.3) is 5.69 Å². The van der Waals surface area contributed by atoms with Gasteiger partial charge >= 0.3 is 0 Å². The quantitative estimate of drug-likeness (QED) is 0.482. The van der Waals surface area contributed by atoms with Crippen LogP contribution in [0, 0.1) is 3.95 Å². The van der Waals surface area contributed by atoms with E-state index < -0.39 is 0 Å². The van der Waals surface area contributed by atoms with Crippen LogP contribution in [0.1, 0.15) is 5.56 Å². The first-order valence-corrected chi connectivity index (χ1v) is 8.88. The Bertz CT molecular complexity index is 812. The van der Waals surface area contributed by atoms with Gasteiger partial charge in [0.05, 0.1) is 12.8 Å². The van der Waals surface area contributed by atoms with Crippen molar-refractivity contribution in [2.75, 3.05) is 7.11 Å². The van der Waals surface area contributed by atoms with Gasteiger partial charge in [-0.05, 0) is 42.0 Å². The van der Waals surface area contributed by atoms with Crippen molar-refractivity contribution in [3.63, 3.8) is 0 Å². The van der Waals surface area contributed by atoms with Gasteiger partial charge < -0.3 is 4.74 Å². The van der Waals surface area contributed by atoms with Gasteiger partial charge in [0.25, 0.3) is 0 Å². The summed E-state index contributed by atoms with van der Waals surface area (Å²) >= 11 is 8.63. The topological polar surface area (TPSA) is 27.1 Å². The highest BCUT2D eigenvalue weighted by atomic mass is 32.2. The van der Waals surface area contributed by atoms with Crippen LogP contribution in [-0.2, 0) is 5.75 Å². The second-order valence-corrected chi connectivity index (χ2v) is 7.37. The standard InChI is InChI=1S/C16H14N2OS3/c1-19-14-9-5-6-12(10-14)11-21-15-17-18(16(20)22-15)13-7-3-2-4-8-13/h2-10H,11H2,1H3. The molecule has 3 aromatic rings. The molecule has 0 unspecified atom stereocenters. The van der Waals surface area contributed by atoms with Crippen LogP contribution in [-0.4, -0.2) is 16.9 Å². The van der Waals surface area contributed by atoms with Crippen LogP contribution < -0.4 is 4.74 Å². The molecule has 0 aliphatic rings. The highest BCUT2D eigenvalue weighted by Crippen LogP contribution is 2.28. The highest BCUT2D eigenvalue weighted by Gasteiger charge is 2.07. The molecule has 6 heteroatoms. The molecule has 2 aromatic carbocycles. The van der Waals surface area contributed by atoms with Crippen molar-refractivity contribution in [1.82, 2.24) is 9.78 Å². The number of ether oxygens (including phenoxy) is 1. The first-order valence-electron chi connectivity index (χ1n) is 6.67. The molecule has 0 amide bonds. The lowest BCUT2D eigenvalue weighted by molar-refractivity contribution is 0.414. The molecular weight excluding hydrogens is 332 g/mol. The number of thioether (sulfide) groups is 1. The molecule has 1 aromatic heterocycles. The maximum absolute atomic E-state index is 5.41. The van der Waals surface area contributed by atoms with Crippen molar-refractivity contribution in [3.8, 4) is 11.4 Å². The summed E-state index contributed by atoms with van der Waals surface area (Å²) < 4.78 is 8.79. The zero-order valence-corrected chi connectivity index (χ0v) is 14.4. The first kappa shape index (κ1) is 15.3. The Morgan fingerprint density at radius 3 is 2.77 bits per heavy atom. The van der Waals surface area contributed by atoms with Gasteiger partial charge in [-0.2, -0.15) is 0 Å². The van der Waals surface area contributed by atoms with Gasteiger partial charge in [0.1, 0.15) is 5.75 Å². The lowest BCUT2D eigenvalue weighted by Crippen LogP contribution is -1.95. The summed E-state index contributed by atoms with van der Waals surface area (Å²) in [6.07, 6.45) is 0. The zero-order chi connectivity index (χ0) is 15.4. The molecule has 0 spiro atoms. The summed E-state index contributed by atoms with van der Waals surface area (Å²) in [7, 11) is 1.68. The number of aromatic nitrogens is 2. The Morgan fingerprint density at radius 1 is 1.18 bits per heavy atom. The average molecular weight is 347 g/mol. The van der Waals surface area contributed by atoms with E-state index in [0.29, 0.717) is 0 Å². The van der Waals surface area contributed by atoms with E-state index in [9.17, 15) is 0 Å². The van der Waals surface area contributed by atoms with E-state index in [1.807, 2.05) is 53.2 Å². The third-order valence-electron chi connectivity index (χ3n) is 3.03. The SMILES string of the molecule is COc1cccc(CSc2nn(-c3ccccc3)c(=S)s2)c1. The third-order valence-corrected chi connectivity index (χ3v) is 5.46. The molecule has 112 valence electrons. The van der Waals surface area contributed by atoms with Gasteiger partial charge in [0.2, 0.25) is 0 Å². The van der Waals surface area contributed by atoms with Crippen molar-refractivity contribution < 1.29 is 4.74 Å². The van der Waals surface area contributed by atoms with Gasteiger partial charge in [-0.3, -0.25) is 0 Å². The number of hydrogen-bond donors (Lipinski definition) is 0. The zero-order valence-electron chi connectivity index (χ0n) is 11.9. The number of nitrogens with zero attached hydrogens (tertiary/aromatic N) is 2. The van der Waals surface area contributed by atoms with Crippen LogP contribution in [0.15, 0.2) is 58.9 Å². The number of hydrogen-bond acceptors (Lipinski definition) is 5. The van der Waals surface area contributed by atoms with E-state index in [-0.39, 0.29) is 0 Å². The van der Waals surface area contributed by atoms with E-state index >= 15 is 0 Å². The molecule has 0 atom stereocenters. The van der Waals surface area contributed by atoms with Gasteiger partial charge in [0, 0.05) is 5.75 Å². The first-order chi connectivity index (χ1) is 10.8. The predicted octanol–water partition coefficient (Wildman–Crippen LogP) is 4.96. The van der Waals surface area contributed by atoms with Crippen LogP contribution in [0.4, 0.5) is 0 Å². The Hall–Kier alpha value is -1.63. The third kappa shape index (κ3) is 3.58. The molecule has 0 bridgehead atoms. The van der Waals surface area contributed by atoms with Crippen molar-refractivity contribution in [3.05, 3.63) is 64.1 Å². The van der Waals surface area contributed by atoms with Gasteiger partial charge in [-0.15, -0.1) is 5.10 Å². The predicted molar refractivity (Wildman–Crippen MR) is 94.8 cm³/mol. The van der Waals surface area contributed by atoms with E-state index in [1.165, 1.54) is 16.9 Å². The highest BCUT2D eigenvalue weighted by molar-refractivity contribution is 8.00. The smallest absolute Gasteiger partial charge is 0.184 e. The number of rotatable bonds is 5. The summed E-state index contributed by atoms with van der Waals surface area (Å²) in [5.74, 6) is 1.72. The molecule has 0 fully saturated rings. The summed E-state index contributed by atoms with van der Waals surface area (Å²) in [5.41, 5.74) is 2.20. The molecule has 0 aliphatic carbocycles. The fourth-order valence-corrected chi connectivity index (χ4v) is 4.26. The number of benzene rings is 2. The molecule has 0 aliphatic heterocycles. The lowest BCUT2D eigenvalue weighted by atomic mass is 10.2. The molecule has 3 nitrogen and oxygen atoms in total. The molecule has 22 heavy (non-hydrogen) atoms. The van der Waals surface area contributed by atoms with Crippen molar-refractivity contribution >= 4 is 35.3 Å². The normalized spacial score (nSPS) is 10.6. The lowest BCUT2D eigenvalue weighted by Gasteiger charge is -2.03. The van der Waals surface area contributed by atoms with Crippen molar-refractivity contribution in [1.29, 1.82) is 0 Å². The molecule has 1 heterocycles. The van der Waals surface area contributed by atoms with Gasteiger partial charge in [-0.1, -0.05) is 53.4 Å². The monoisotopic (exact) mass is 346 g/mol. The average Bonchev–Trinajstić information content (AvgIpc) is 2.95. The second kappa shape index (κ2) is 7.09. The van der Waals surface area contributed by atoms with Crippen LogP contribution in [0.2, 0.25) is 0 Å². The fourth-order valence-electron chi connectivity index (χ4n) is 1.96. The maximum Gasteiger partial charge on any atom is 0.184 e. The Balaban J connectivity index is 1.75. The Kier molecular flexibility index (Phi) is 4.92. The summed E-state index contributed by atoms with van der Waals surface area (Å²) in [5, 5.41) is 4.60. The summed E-state index contributed by atoms with van der Waals surface area (Å²) in [6.45, 7) is 0. The van der Waals surface area contributed by atoms with Crippen LogP contribution in [0.5, 0.6) is 5.75 Å². The maximum atomic E-state index is 5.41. The number of para-hydroxylation sites is 1.